The normalized spacial score (nSPS) is 11.6. The van der Waals surface area contributed by atoms with Gasteiger partial charge in [0.1, 0.15) is 23.2 Å². The summed E-state index contributed by atoms with van der Waals surface area (Å²) in [7, 11) is 0. The van der Waals surface area contributed by atoms with E-state index in [4.69, 9.17) is 23.7 Å². The van der Waals surface area contributed by atoms with Crippen LogP contribution in [0.3, 0.4) is 0 Å². The van der Waals surface area contributed by atoms with E-state index >= 15 is 0 Å². The molecule has 0 atom stereocenters. The quantitative estimate of drug-likeness (QED) is 0.139. The van der Waals surface area contributed by atoms with Gasteiger partial charge in [0.2, 0.25) is 0 Å². The number of hydrogen-bond donors (Lipinski definition) is 1. The van der Waals surface area contributed by atoms with Gasteiger partial charge >= 0.3 is 23.9 Å². The number of carbonyl (C=O) groups excluding carboxylic acids is 4. The van der Waals surface area contributed by atoms with E-state index < -0.39 is 23.9 Å². The number of ether oxygens (including phenoxy) is 5. The zero-order valence-corrected chi connectivity index (χ0v) is 21.3. The first-order valence-electron chi connectivity index (χ1n) is 11.4. The largest absolute Gasteiger partial charge is 0.471 e. The summed E-state index contributed by atoms with van der Waals surface area (Å²) in [6, 6.07) is 1.71. The molecule has 196 valence electrons. The SMILES string of the molecule is CCOC(=O)/C=C/O/C=C(C(=O)OCC)\C(=C/Nc1nc(C)cc(C)c1C(=O)OCC)C(=O)OCC. The van der Waals surface area contributed by atoms with Crippen LogP contribution < -0.4 is 5.32 Å². The minimum absolute atomic E-state index is 0.0179. The highest BCUT2D eigenvalue weighted by Crippen LogP contribution is 2.22. The van der Waals surface area contributed by atoms with Gasteiger partial charge in [0.25, 0.3) is 0 Å². The molecule has 0 bridgehead atoms. The summed E-state index contributed by atoms with van der Waals surface area (Å²) in [5.74, 6) is -2.91. The Hall–Kier alpha value is -4.15. The van der Waals surface area contributed by atoms with E-state index in [1.54, 1.807) is 47.6 Å². The molecule has 0 fully saturated rings. The van der Waals surface area contributed by atoms with Crippen molar-refractivity contribution in [2.75, 3.05) is 31.7 Å². The average Bonchev–Trinajstić information content (AvgIpc) is 2.80. The Morgan fingerprint density at radius 3 is 2.03 bits per heavy atom. The Labute approximate surface area is 210 Å². The summed E-state index contributed by atoms with van der Waals surface area (Å²) < 4.78 is 25.2. The molecule has 1 N–H and O–H groups in total. The fraction of sp³-hybridized carbons (Fsp3) is 0.400. The Kier molecular flexibility index (Phi) is 13.0. The second kappa shape index (κ2) is 15.7. The predicted octanol–water partition coefficient (Wildman–Crippen LogP) is 3.27. The van der Waals surface area contributed by atoms with Crippen molar-refractivity contribution in [2.24, 2.45) is 0 Å². The van der Waals surface area contributed by atoms with Crippen LogP contribution in [0.15, 0.2) is 42.0 Å². The fourth-order valence-electron chi connectivity index (χ4n) is 2.82. The molecule has 1 aromatic rings. The molecule has 36 heavy (non-hydrogen) atoms. The highest BCUT2D eigenvalue weighted by Gasteiger charge is 2.25. The van der Waals surface area contributed by atoms with Crippen molar-refractivity contribution in [2.45, 2.75) is 41.5 Å². The van der Waals surface area contributed by atoms with Crippen molar-refractivity contribution >= 4 is 29.7 Å². The summed E-state index contributed by atoms with van der Waals surface area (Å²) in [5, 5.41) is 2.81. The van der Waals surface area contributed by atoms with Gasteiger partial charge in [-0.2, -0.15) is 0 Å². The zero-order chi connectivity index (χ0) is 27.1. The van der Waals surface area contributed by atoms with Crippen LogP contribution in [0.5, 0.6) is 0 Å². The third-order valence-corrected chi connectivity index (χ3v) is 4.21. The second-order valence-electron chi connectivity index (χ2n) is 6.89. The molecule has 0 saturated carbocycles. The molecular weight excluding hydrogens is 472 g/mol. The molecule has 0 aliphatic carbocycles. The van der Waals surface area contributed by atoms with Crippen LogP contribution >= 0.6 is 0 Å². The van der Waals surface area contributed by atoms with Crippen LogP contribution in [-0.4, -0.2) is 55.3 Å². The van der Waals surface area contributed by atoms with Gasteiger partial charge in [0.15, 0.2) is 0 Å². The van der Waals surface area contributed by atoms with Crippen LogP contribution in [0.25, 0.3) is 0 Å². The van der Waals surface area contributed by atoms with E-state index in [1.165, 1.54) is 0 Å². The molecule has 0 saturated heterocycles. The average molecular weight is 505 g/mol. The third kappa shape index (κ3) is 9.24. The van der Waals surface area contributed by atoms with E-state index in [0.717, 1.165) is 24.8 Å². The number of nitrogens with zero attached hydrogens (tertiary/aromatic N) is 1. The van der Waals surface area contributed by atoms with Crippen LogP contribution in [0.4, 0.5) is 5.82 Å². The first kappa shape index (κ1) is 29.9. The standard InChI is InChI=1S/C25H32N2O9/c1-7-33-20(28)11-12-32-15-19(24(30)35-9-3)18(23(29)34-8-2)14-26-22-21(25(31)36-10-4)16(5)13-17(6)27-22/h11-15H,7-10H2,1-6H3,(H,26,27)/b12-11+,18-14+,19-15+. The lowest BCUT2D eigenvalue weighted by Crippen LogP contribution is -2.19. The molecular formula is C25H32N2O9. The maximum atomic E-state index is 12.8. The first-order valence-corrected chi connectivity index (χ1v) is 11.4. The summed E-state index contributed by atoms with van der Waals surface area (Å²) in [6.07, 6.45) is 4.07. The van der Waals surface area contributed by atoms with Crippen LogP contribution in [-0.2, 0) is 38.1 Å². The van der Waals surface area contributed by atoms with Crippen molar-refractivity contribution in [3.8, 4) is 0 Å². The van der Waals surface area contributed by atoms with Gasteiger partial charge in [-0.25, -0.2) is 24.2 Å². The molecule has 0 unspecified atom stereocenters. The lowest BCUT2D eigenvalue weighted by molar-refractivity contribution is -0.142. The topological polar surface area (TPSA) is 139 Å². The van der Waals surface area contributed by atoms with Crippen molar-refractivity contribution in [1.82, 2.24) is 4.98 Å². The van der Waals surface area contributed by atoms with Gasteiger partial charge in [-0.3, -0.25) is 0 Å². The van der Waals surface area contributed by atoms with E-state index in [1.807, 2.05) is 0 Å². The van der Waals surface area contributed by atoms with Crippen LogP contribution in [0, 0.1) is 13.8 Å². The number of esters is 4. The van der Waals surface area contributed by atoms with Crippen molar-refractivity contribution in [1.29, 1.82) is 0 Å². The number of carbonyl (C=O) groups is 4. The van der Waals surface area contributed by atoms with E-state index in [9.17, 15) is 19.2 Å². The molecule has 1 aromatic heterocycles. The van der Waals surface area contributed by atoms with Crippen LogP contribution in [0.1, 0.15) is 49.3 Å². The first-order chi connectivity index (χ1) is 17.2. The number of hydrogen-bond acceptors (Lipinski definition) is 11. The molecule has 0 aliphatic heterocycles. The monoisotopic (exact) mass is 504 g/mol. The molecule has 1 heterocycles. The molecule has 0 spiro atoms. The molecule has 0 radical (unpaired) electrons. The number of anilines is 1. The van der Waals surface area contributed by atoms with Crippen molar-refractivity contribution in [3.63, 3.8) is 0 Å². The zero-order valence-electron chi connectivity index (χ0n) is 21.3. The molecule has 11 heteroatoms. The number of rotatable bonds is 13. The smallest absolute Gasteiger partial charge is 0.342 e. The second-order valence-corrected chi connectivity index (χ2v) is 6.89. The van der Waals surface area contributed by atoms with Crippen molar-refractivity contribution < 1.29 is 42.9 Å². The van der Waals surface area contributed by atoms with Gasteiger partial charge in [0.05, 0.1) is 44.3 Å². The van der Waals surface area contributed by atoms with Gasteiger partial charge in [0, 0.05) is 11.9 Å². The van der Waals surface area contributed by atoms with Gasteiger partial charge < -0.3 is 29.0 Å². The molecule has 0 aliphatic rings. The van der Waals surface area contributed by atoms with E-state index in [-0.39, 0.29) is 49.0 Å². The molecule has 0 aromatic carbocycles. The van der Waals surface area contributed by atoms with E-state index in [2.05, 4.69) is 10.3 Å². The molecule has 1 rings (SSSR count). The minimum Gasteiger partial charge on any atom is -0.471 e. The number of aromatic nitrogens is 1. The van der Waals surface area contributed by atoms with Crippen molar-refractivity contribution in [3.05, 3.63) is 58.8 Å². The maximum Gasteiger partial charge on any atom is 0.342 e. The van der Waals surface area contributed by atoms with E-state index in [0.29, 0.717) is 11.3 Å². The highest BCUT2D eigenvalue weighted by molar-refractivity contribution is 6.07. The number of nitrogens with one attached hydrogen (secondary N) is 1. The Bertz CT molecular complexity index is 1040. The summed E-state index contributed by atoms with van der Waals surface area (Å²) in [5.41, 5.74) is 0.789. The Morgan fingerprint density at radius 2 is 1.44 bits per heavy atom. The molecule has 0 amide bonds. The van der Waals surface area contributed by atoms with Gasteiger partial charge in [-0.05, 0) is 53.2 Å². The highest BCUT2D eigenvalue weighted by atomic mass is 16.5. The lowest BCUT2D eigenvalue weighted by atomic mass is 10.1. The Morgan fingerprint density at radius 1 is 0.861 bits per heavy atom. The summed E-state index contributed by atoms with van der Waals surface area (Å²) in [4.78, 5) is 53.7. The number of aryl methyl sites for hydroxylation is 2. The summed E-state index contributed by atoms with van der Waals surface area (Å²) in [6.45, 7) is 10.3. The minimum atomic E-state index is -0.887. The van der Waals surface area contributed by atoms with Gasteiger partial charge in [-0.15, -0.1) is 0 Å². The van der Waals surface area contributed by atoms with Crippen LogP contribution in [0.2, 0.25) is 0 Å². The lowest BCUT2D eigenvalue weighted by Gasteiger charge is -2.14. The maximum absolute atomic E-state index is 12.8. The Balaban J connectivity index is 3.52. The fourth-order valence-corrected chi connectivity index (χ4v) is 2.82. The number of pyridine rings is 1. The third-order valence-electron chi connectivity index (χ3n) is 4.21. The van der Waals surface area contributed by atoms with Gasteiger partial charge in [-0.1, -0.05) is 0 Å². The summed E-state index contributed by atoms with van der Waals surface area (Å²) >= 11 is 0. The molecule has 11 nitrogen and oxygen atoms in total. The predicted molar refractivity (Wildman–Crippen MR) is 130 cm³/mol.